The highest BCUT2D eigenvalue weighted by atomic mass is 16.5. The van der Waals surface area contributed by atoms with Crippen LogP contribution in [-0.4, -0.2) is 55.1 Å². The van der Waals surface area contributed by atoms with E-state index in [2.05, 4.69) is 36.1 Å². The summed E-state index contributed by atoms with van der Waals surface area (Å²) < 4.78 is 11.9. The molecule has 178 valence electrons. The number of phenols is 1. The van der Waals surface area contributed by atoms with Crippen LogP contribution in [0, 0.1) is 5.92 Å². The Morgan fingerprint density at radius 2 is 1.67 bits per heavy atom. The van der Waals surface area contributed by atoms with Gasteiger partial charge < -0.3 is 19.7 Å². The Bertz CT molecular complexity index is 995. The fourth-order valence-electron chi connectivity index (χ4n) is 4.32. The van der Waals surface area contributed by atoms with Crippen molar-refractivity contribution in [1.82, 2.24) is 4.90 Å². The highest BCUT2D eigenvalue weighted by molar-refractivity contribution is 5.89. The first kappa shape index (κ1) is 24.9. The maximum absolute atomic E-state index is 9.83. The molecule has 5 nitrogen and oxygen atoms in total. The third-order valence-electron chi connectivity index (χ3n) is 6.23. The van der Waals surface area contributed by atoms with E-state index in [-0.39, 0.29) is 5.75 Å². The second-order valence-electron chi connectivity index (χ2n) is 8.57. The number of rotatable bonds is 8. The number of aromatic hydroxyl groups is 1. The standard InChI is InChI=1S/C27H33NO3.CH4O/c1-3-30-27-11-6-22-19-23(29)7-10-25(22)26(27)18-21-4-8-24(9-5-21)31-17-16-28-14-12-20(2)13-15-28;1-2/h4-11,19-20,29H,3,12-18H2,1-2H3;2H,1H3. The number of phenolic OH excluding ortho intramolecular Hbond substituents is 1. The van der Waals surface area contributed by atoms with Gasteiger partial charge in [0.2, 0.25) is 0 Å². The number of hydrogen-bond acceptors (Lipinski definition) is 5. The normalized spacial score (nSPS) is 14.5. The zero-order valence-electron chi connectivity index (χ0n) is 20.1. The van der Waals surface area contributed by atoms with Gasteiger partial charge in [-0.15, -0.1) is 0 Å². The minimum Gasteiger partial charge on any atom is -0.508 e. The lowest BCUT2D eigenvalue weighted by molar-refractivity contribution is 0.160. The van der Waals surface area contributed by atoms with Crippen LogP contribution < -0.4 is 9.47 Å². The van der Waals surface area contributed by atoms with E-state index in [9.17, 15) is 5.11 Å². The first-order valence-corrected chi connectivity index (χ1v) is 11.9. The number of piperidine rings is 1. The maximum atomic E-state index is 9.83. The van der Waals surface area contributed by atoms with E-state index in [1.807, 2.05) is 25.1 Å². The van der Waals surface area contributed by atoms with Gasteiger partial charge in [-0.2, -0.15) is 0 Å². The van der Waals surface area contributed by atoms with Gasteiger partial charge in [-0.25, -0.2) is 0 Å². The van der Waals surface area contributed by atoms with Gasteiger partial charge in [0.25, 0.3) is 0 Å². The predicted octanol–water partition coefficient (Wildman–Crippen LogP) is 5.25. The average Bonchev–Trinajstić information content (AvgIpc) is 2.84. The number of benzene rings is 3. The molecule has 1 aliphatic rings. The lowest BCUT2D eigenvalue weighted by atomic mass is 9.97. The molecule has 0 aliphatic carbocycles. The van der Waals surface area contributed by atoms with E-state index in [4.69, 9.17) is 14.6 Å². The molecule has 3 aromatic carbocycles. The van der Waals surface area contributed by atoms with Gasteiger partial charge in [-0.1, -0.05) is 31.2 Å². The van der Waals surface area contributed by atoms with Crippen molar-refractivity contribution in [2.75, 3.05) is 40.0 Å². The summed E-state index contributed by atoms with van der Waals surface area (Å²) in [6, 6.07) is 17.9. The van der Waals surface area contributed by atoms with Crippen molar-refractivity contribution in [3.05, 3.63) is 65.7 Å². The van der Waals surface area contributed by atoms with E-state index in [1.54, 1.807) is 12.1 Å². The fourth-order valence-corrected chi connectivity index (χ4v) is 4.32. The molecule has 33 heavy (non-hydrogen) atoms. The minimum atomic E-state index is 0.281. The summed E-state index contributed by atoms with van der Waals surface area (Å²) in [6.45, 7) is 9.07. The number of fused-ring (bicyclic) bond motifs is 1. The lowest BCUT2D eigenvalue weighted by Crippen LogP contribution is -2.35. The number of hydrogen-bond donors (Lipinski definition) is 2. The Kier molecular flexibility index (Phi) is 9.40. The molecule has 0 saturated carbocycles. The molecule has 0 spiro atoms. The third-order valence-corrected chi connectivity index (χ3v) is 6.23. The quantitative estimate of drug-likeness (QED) is 0.490. The van der Waals surface area contributed by atoms with Gasteiger partial charge in [-0.05, 0) is 85.4 Å². The molecule has 1 fully saturated rings. The Morgan fingerprint density at radius 3 is 2.36 bits per heavy atom. The van der Waals surface area contributed by atoms with E-state index >= 15 is 0 Å². The van der Waals surface area contributed by atoms with Crippen LogP contribution in [0.2, 0.25) is 0 Å². The van der Waals surface area contributed by atoms with Crippen molar-refractivity contribution in [1.29, 1.82) is 0 Å². The Hall–Kier alpha value is -2.76. The van der Waals surface area contributed by atoms with Crippen LogP contribution in [0.5, 0.6) is 17.2 Å². The molecule has 0 amide bonds. The largest absolute Gasteiger partial charge is 0.508 e. The van der Waals surface area contributed by atoms with Crippen molar-refractivity contribution >= 4 is 10.8 Å². The van der Waals surface area contributed by atoms with Crippen molar-refractivity contribution in [2.45, 2.75) is 33.1 Å². The number of aliphatic hydroxyl groups excluding tert-OH is 1. The van der Waals surface area contributed by atoms with E-state index < -0.39 is 0 Å². The second kappa shape index (κ2) is 12.5. The molecule has 1 aliphatic heterocycles. The molecule has 0 aromatic heterocycles. The number of ether oxygens (including phenoxy) is 2. The minimum absolute atomic E-state index is 0.281. The first-order valence-electron chi connectivity index (χ1n) is 11.9. The van der Waals surface area contributed by atoms with Crippen LogP contribution in [0.25, 0.3) is 10.8 Å². The van der Waals surface area contributed by atoms with E-state index in [0.29, 0.717) is 6.61 Å². The molecule has 4 rings (SSSR count). The lowest BCUT2D eigenvalue weighted by Gasteiger charge is -2.29. The first-order chi connectivity index (χ1) is 16.1. The summed E-state index contributed by atoms with van der Waals surface area (Å²) >= 11 is 0. The molecular formula is C28H37NO4. The Labute approximate surface area is 197 Å². The molecular weight excluding hydrogens is 414 g/mol. The Balaban J connectivity index is 0.00000149. The zero-order chi connectivity index (χ0) is 23.6. The highest BCUT2D eigenvalue weighted by Crippen LogP contribution is 2.32. The van der Waals surface area contributed by atoms with Crippen molar-refractivity contribution in [3.8, 4) is 17.2 Å². The third kappa shape index (κ3) is 6.86. The summed E-state index contributed by atoms with van der Waals surface area (Å²) in [5.74, 6) is 2.96. The van der Waals surface area contributed by atoms with Crippen LogP contribution in [0.3, 0.4) is 0 Å². The van der Waals surface area contributed by atoms with E-state index in [1.165, 1.54) is 31.5 Å². The number of likely N-dealkylation sites (tertiary alicyclic amines) is 1. The fraction of sp³-hybridized carbons (Fsp3) is 0.429. The van der Waals surface area contributed by atoms with Crippen molar-refractivity contribution in [3.63, 3.8) is 0 Å². The Morgan fingerprint density at radius 1 is 0.939 bits per heavy atom. The topological polar surface area (TPSA) is 62.2 Å². The SMILES string of the molecule is CCOc1ccc2cc(O)ccc2c1Cc1ccc(OCCN2CCC(C)CC2)cc1.CO. The van der Waals surface area contributed by atoms with Crippen LogP contribution in [-0.2, 0) is 6.42 Å². The maximum Gasteiger partial charge on any atom is 0.123 e. The smallest absolute Gasteiger partial charge is 0.123 e. The van der Waals surface area contributed by atoms with Crippen LogP contribution in [0.15, 0.2) is 54.6 Å². The summed E-state index contributed by atoms with van der Waals surface area (Å²) in [5.41, 5.74) is 2.35. The highest BCUT2D eigenvalue weighted by Gasteiger charge is 2.15. The number of aliphatic hydroxyl groups is 1. The predicted molar refractivity (Wildman–Crippen MR) is 135 cm³/mol. The zero-order valence-corrected chi connectivity index (χ0v) is 20.1. The molecule has 3 aromatic rings. The molecule has 5 heteroatoms. The van der Waals surface area contributed by atoms with Crippen LogP contribution in [0.1, 0.15) is 37.8 Å². The van der Waals surface area contributed by atoms with Crippen LogP contribution >= 0.6 is 0 Å². The monoisotopic (exact) mass is 451 g/mol. The van der Waals surface area contributed by atoms with Gasteiger partial charge in [0.1, 0.15) is 23.9 Å². The van der Waals surface area contributed by atoms with Gasteiger partial charge >= 0.3 is 0 Å². The molecule has 1 heterocycles. The van der Waals surface area contributed by atoms with Crippen LogP contribution in [0.4, 0.5) is 0 Å². The van der Waals surface area contributed by atoms with Gasteiger partial charge in [0.05, 0.1) is 6.61 Å². The summed E-state index contributed by atoms with van der Waals surface area (Å²) in [6.07, 6.45) is 3.36. The van der Waals surface area contributed by atoms with E-state index in [0.717, 1.165) is 60.4 Å². The molecule has 0 radical (unpaired) electrons. The molecule has 0 atom stereocenters. The van der Waals surface area contributed by atoms with Crippen molar-refractivity contribution < 1.29 is 19.7 Å². The van der Waals surface area contributed by atoms with Gasteiger partial charge in [0.15, 0.2) is 0 Å². The molecule has 0 unspecified atom stereocenters. The van der Waals surface area contributed by atoms with Gasteiger partial charge in [0, 0.05) is 25.6 Å². The average molecular weight is 452 g/mol. The summed E-state index contributed by atoms with van der Waals surface area (Å²) in [5, 5.41) is 19.0. The molecule has 1 saturated heterocycles. The van der Waals surface area contributed by atoms with Gasteiger partial charge in [-0.3, -0.25) is 4.90 Å². The summed E-state index contributed by atoms with van der Waals surface area (Å²) in [7, 11) is 1.00. The summed E-state index contributed by atoms with van der Waals surface area (Å²) in [4.78, 5) is 2.50. The molecule has 2 N–H and O–H groups in total. The van der Waals surface area contributed by atoms with Crippen molar-refractivity contribution in [2.24, 2.45) is 5.92 Å². The molecule has 0 bridgehead atoms. The second-order valence-corrected chi connectivity index (χ2v) is 8.57. The number of nitrogens with zero attached hydrogens (tertiary/aromatic N) is 1.